The van der Waals surface area contributed by atoms with E-state index in [1.807, 2.05) is 0 Å². The van der Waals surface area contributed by atoms with E-state index in [1.54, 1.807) is 0 Å². The minimum Gasteiger partial charge on any atom is -0.372 e. The summed E-state index contributed by atoms with van der Waals surface area (Å²) in [6.45, 7) is 2.79. The van der Waals surface area contributed by atoms with Crippen LogP contribution in [0.2, 0.25) is 0 Å². The number of ether oxygens (including phenoxy) is 1. The summed E-state index contributed by atoms with van der Waals surface area (Å²) in [5.74, 6) is 0. The van der Waals surface area contributed by atoms with E-state index in [0.717, 1.165) is 38.6 Å². The second kappa shape index (κ2) is 7.12. The van der Waals surface area contributed by atoms with Gasteiger partial charge in [0.05, 0.1) is 6.10 Å². The molecule has 1 saturated carbocycles. The van der Waals surface area contributed by atoms with Crippen LogP contribution in [-0.4, -0.2) is 31.7 Å². The molecule has 0 radical (unpaired) electrons. The quantitative estimate of drug-likeness (QED) is 0.744. The summed E-state index contributed by atoms with van der Waals surface area (Å²) in [6, 6.07) is 0.566. The number of nitrogens with one attached hydrogen (secondary N) is 1. The third-order valence-electron chi connectivity index (χ3n) is 2.82. The SMILES string of the molecule is CCCNC1CCC(OCC(F)F)CC1. The maximum absolute atomic E-state index is 11.9. The Morgan fingerprint density at radius 3 is 2.47 bits per heavy atom. The first kappa shape index (κ1) is 12.8. The molecule has 2 nitrogen and oxygen atoms in total. The molecule has 0 aromatic rings. The molecular formula is C11H21F2NO. The number of rotatable bonds is 6. The Morgan fingerprint density at radius 1 is 1.27 bits per heavy atom. The van der Waals surface area contributed by atoms with Crippen molar-refractivity contribution in [2.75, 3.05) is 13.2 Å². The Bertz CT molecular complexity index is 159. The van der Waals surface area contributed by atoms with Gasteiger partial charge < -0.3 is 10.1 Å². The lowest BCUT2D eigenvalue weighted by Crippen LogP contribution is -2.36. The molecule has 0 amide bonds. The highest BCUT2D eigenvalue weighted by molar-refractivity contribution is 4.77. The van der Waals surface area contributed by atoms with Gasteiger partial charge in [-0.1, -0.05) is 6.92 Å². The summed E-state index contributed by atoms with van der Waals surface area (Å²) in [5, 5.41) is 3.45. The fourth-order valence-corrected chi connectivity index (χ4v) is 1.99. The fourth-order valence-electron chi connectivity index (χ4n) is 1.99. The fraction of sp³-hybridized carbons (Fsp3) is 1.00. The van der Waals surface area contributed by atoms with Crippen LogP contribution in [0, 0.1) is 0 Å². The van der Waals surface area contributed by atoms with Gasteiger partial charge in [0.2, 0.25) is 0 Å². The lowest BCUT2D eigenvalue weighted by Gasteiger charge is -2.29. The zero-order chi connectivity index (χ0) is 11.1. The van der Waals surface area contributed by atoms with Crippen LogP contribution in [0.5, 0.6) is 0 Å². The van der Waals surface area contributed by atoms with E-state index < -0.39 is 13.0 Å². The first-order chi connectivity index (χ1) is 7.22. The highest BCUT2D eigenvalue weighted by Gasteiger charge is 2.21. The maximum Gasteiger partial charge on any atom is 0.261 e. The van der Waals surface area contributed by atoms with Gasteiger partial charge in [0.1, 0.15) is 6.61 Å². The highest BCUT2D eigenvalue weighted by Crippen LogP contribution is 2.21. The molecule has 1 aliphatic rings. The Kier molecular flexibility index (Phi) is 6.10. The molecule has 0 heterocycles. The number of hydrogen-bond acceptors (Lipinski definition) is 2. The van der Waals surface area contributed by atoms with E-state index in [-0.39, 0.29) is 6.10 Å². The molecule has 0 aromatic heterocycles. The van der Waals surface area contributed by atoms with E-state index in [9.17, 15) is 8.78 Å². The van der Waals surface area contributed by atoms with E-state index in [0.29, 0.717) is 6.04 Å². The summed E-state index contributed by atoms with van der Waals surface area (Å²) in [4.78, 5) is 0. The Morgan fingerprint density at radius 2 is 1.93 bits per heavy atom. The number of hydrogen-bond donors (Lipinski definition) is 1. The molecule has 1 rings (SSSR count). The lowest BCUT2D eigenvalue weighted by molar-refractivity contribution is -0.0392. The molecule has 0 spiro atoms. The smallest absolute Gasteiger partial charge is 0.261 e. The third kappa shape index (κ3) is 5.42. The van der Waals surface area contributed by atoms with Crippen molar-refractivity contribution in [2.45, 2.75) is 57.6 Å². The second-order valence-electron chi connectivity index (χ2n) is 4.15. The second-order valence-corrected chi connectivity index (χ2v) is 4.15. The normalized spacial score (nSPS) is 27.2. The van der Waals surface area contributed by atoms with Gasteiger partial charge in [0.25, 0.3) is 6.43 Å². The Labute approximate surface area is 90.4 Å². The van der Waals surface area contributed by atoms with E-state index in [1.165, 1.54) is 0 Å². The molecule has 1 N–H and O–H groups in total. The molecule has 0 aliphatic heterocycles. The van der Waals surface area contributed by atoms with Crippen molar-refractivity contribution in [1.82, 2.24) is 5.32 Å². The zero-order valence-electron chi connectivity index (χ0n) is 9.35. The van der Waals surface area contributed by atoms with Crippen LogP contribution in [-0.2, 0) is 4.74 Å². The van der Waals surface area contributed by atoms with Crippen LogP contribution in [0.25, 0.3) is 0 Å². The van der Waals surface area contributed by atoms with Crippen molar-refractivity contribution in [3.8, 4) is 0 Å². The largest absolute Gasteiger partial charge is 0.372 e. The summed E-state index contributed by atoms with van der Waals surface area (Å²) >= 11 is 0. The van der Waals surface area contributed by atoms with E-state index in [4.69, 9.17) is 4.74 Å². The Balaban J connectivity index is 2.07. The summed E-state index contributed by atoms with van der Waals surface area (Å²) in [5.41, 5.74) is 0. The van der Waals surface area contributed by atoms with Crippen LogP contribution in [0.4, 0.5) is 8.78 Å². The van der Waals surface area contributed by atoms with Gasteiger partial charge in [-0.2, -0.15) is 0 Å². The molecule has 1 aliphatic carbocycles. The van der Waals surface area contributed by atoms with Gasteiger partial charge in [0.15, 0.2) is 0 Å². The molecule has 0 bridgehead atoms. The lowest BCUT2D eigenvalue weighted by atomic mass is 9.93. The van der Waals surface area contributed by atoms with Crippen molar-refractivity contribution < 1.29 is 13.5 Å². The Hall–Kier alpha value is -0.220. The molecule has 1 fully saturated rings. The molecule has 0 unspecified atom stereocenters. The molecule has 0 atom stereocenters. The van der Waals surface area contributed by atoms with Crippen molar-refractivity contribution in [3.05, 3.63) is 0 Å². The predicted molar refractivity (Wildman–Crippen MR) is 56.3 cm³/mol. The first-order valence-corrected chi connectivity index (χ1v) is 5.85. The summed E-state index contributed by atoms with van der Waals surface area (Å²) in [7, 11) is 0. The minimum atomic E-state index is -2.33. The highest BCUT2D eigenvalue weighted by atomic mass is 19.3. The molecule has 0 aromatic carbocycles. The minimum absolute atomic E-state index is 0.0543. The van der Waals surface area contributed by atoms with Crippen molar-refractivity contribution >= 4 is 0 Å². The van der Waals surface area contributed by atoms with Gasteiger partial charge in [-0.15, -0.1) is 0 Å². The van der Waals surface area contributed by atoms with Gasteiger partial charge in [-0.3, -0.25) is 0 Å². The van der Waals surface area contributed by atoms with Crippen LogP contribution in [0.15, 0.2) is 0 Å². The number of alkyl halides is 2. The monoisotopic (exact) mass is 221 g/mol. The average Bonchev–Trinajstić information content (AvgIpc) is 2.25. The first-order valence-electron chi connectivity index (χ1n) is 5.85. The van der Waals surface area contributed by atoms with Gasteiger partial charge in [0, 0.05) is 6.04 Å². The third-order valence-corrected chi connectivity index (χ3v) is 2.82. The zero-order valence-corrected chi connectivity index (χ0v) is 9.35. The van der Waals surface area contributed by atoms with Gasteiger partial charge in [-0.25, -0.2) is 8.78 Å². The standard InChI is InChI=1S/C11H21F2NO/c1-2-7-14-9-3-5-10(6-4-9)15-8-11(12)13/h9-11,14H,2-8H2,1H3. The molecule has 4 heteroatoms. The van der Waals surface area contributed by atoms with Crippen LogP contribution in [0.3, 0.4) is 0 Å². The topological polar surface area (TPSA) is 21.3 Å². The molecule has 0 saturated heterocycles. The van der Waals surface area contributed by atoms with Gasteiger partial charge in [-0.05, 0) is 38.6 Å². The van der Waals surface area contributed by atoms with Crippen molar-refractivity contribution in [1.29, 1.82) is 0 Å². The molecule has 15 heavy (non-hydrogen) atoms. The van der Waals surface area contributed by atoms with Gasteiger partial charge >= 0.3 is 0 Å². The van der Waals surface area contributed by atoms with Crippen LogP contribution >= 0.6 is 0 Å². The number of halogens is 2. The summed E-state index contributed by atoms with van der Waals surface area (Å²) < 4.78 is 28.9. The maximum atomic E-state index is 11.9. The van der Waals surface area contributed by atoms with Crippen molar-refractivity contribution in [3.63, 3.8) is 0 Å². The molecular weight excluding hydrogens is 200 g/mol. The summed E-state index contributed by atoms with van der Waals surface area (Å²) in [6.07, 6.45) is 2.78. The average molecular weight is 221 g/mol. The van der Waals surface area contributed by atoms with Crippen LogP contribution in [0.1, 0.15) is 39.0 Å². The van der Waals surface area contributed by atoms with E-state index in [2.05, 4.69) is 12.2 Å². The van der Waals surface area contributed by atoms with Crippen molar-refractivity contribution in [2.24, 2.45) is 0 Å². The predicted octanol–water partition coefficient (Wildman–Crippen LogP) is 2.58. The van der Waals surface area contributed by atoms with E-state index >= 15 is 0 Å². The van der Waals surface area contributed by atoms with Crippen LogP contribution < -0.4 is 5.32 Å². The molecule has 90 valence electrons.